The van der Waals surface area contributed by atoms with Crippen molar-refractivity contribution in [2.24, 2.45) is 0 Å². The summed E-state index contributed by atoms with van der Waals surface area (Å²) in [5.74, 6) is -0.533. The molecule has 2 aliphatic rings. The SMILES string of the molecule is CC(C)(C)OC(=O)N1CCC(c2ccc(C3CCC(=O)NC3=O)cc2N)CC1. The molecule has 7 heteroatoms. The van der Waals surface area contributed by atoms with Crippen molar-refractivity contribution in [3.63, 3.8) is 0 Å². The molecule has 3 amide bonds. The molecule has 1 aromatic carbocycles. The van der Waals surface area contributed by atoms with Crippen LogP contribution in [0.3, 0.4) is 0 Å². The van der Waals surface area contributed by atoms with Gasteiger partial charge in [-0.1, -0.05) is 12.1 Å². The highest BCUT2D eigenvalue weighted by Crippen LogP contribution is 2.35. The van der Waals surface area contributed by atoms with Crippen LogP contribution in [-0.4, -0.2) is 41.5 Å². The van der Waals surface area contributed by atoms with E-state index >= 15 is 0 Å². The van der Waals surface area contributed by atoms with Crippen molar-refractivity contribution in [1.82, 2.24) is 10.2 Å². The lowest BCUT2D eigenvalue weighted by molar-refractivity contribution is -0.134. The molecule has 3 rings (SSSR count). The van der Waals surface area contributed by atoms with E-state index in [9.17, 15) is 14.4 Å². The Morgan fingerprint density at radius 3 is 2.43 bits per heavy atom. The Balaban J connectivity index is 1.63. The zero-order valence-electron chi connectivity index (χ0n) is 16.8. The van der Waals surface area contributed by atoms with E-state index in [0.717, 1.165) is 24.0 Å². The number of hydrogen-bond acceptors (Lipinski definition) is 5. The second-order valence-corrected chi connectivity index (χ2v) is 8.63. The van der Waals surface area contributed by atoms with Crippen LogP contribution in [0.25, 0.3) is 0 Å². The minimum atomic E-state index is -0.496. The number of hydrogen-bond donors (Lipinski definition) is 2. The summed E-state index contributed by atoms with van der Waals surface area (Å²) in [6, 6.07) is 5.78. The van der Waals surface area contributed by atoms with Crippen LogP contribution >= 0.6 is 0 Å². The molecule has 0 aromatic heterocycles. The van der Waals surface area contributed by atoms with E-state index in [1.165, 1.54) is 0 Å². The molecule has 2 fully saturated rings. The van der Waals surface area contributed by atoms with Crippen molar-refractivity contribution < 1.29 is 19.1 Å². The van der Waals surface area contributed by atoms with Gasteiger partial charge in [0.2, 0.25) is 11.8 Å². The summed E-state index contributed by atoms with van der Waals surface area (Å²) in [5, 5.41) is 2.39. The number of nitrogens with two attached hydrogens (primary N) is 1. The van der Waals surface area contributed by atoms with Crippen LogP contribution < -0.4 is 11.1 Å². The molecule has 0 radical (unpaired) electrons. The van der Waals surface area contributed by atoms with Crippen molar-refractivity contribution in [3.8, 4) is 0 Å². The van der Waals surface area contributed by atoms with Crippen LogP contribution in [0.15, 0.2) is 18.2 Å². The fraction of sp³-hybridized carbons (Fsp3) is 0.571. The van der Waals surface area contributed by atoms with E-state index in [1.807, 2.05) is 39.0 Å². The number of likely N-dealkylation sites (tertiary alicyclic amines) is 1. The Hall–Kier alpha value is -2.57. The number of imide groups is 1. The first-order valence-corrected chi connectivity index (χ1v) is 9.85. The van der Waals surface area contributed by atoms with Crippen LogP contribution in [-0.2, 0) is 14.3 Å². The van der Waals surface area contributed by atoms with E-state index in [0.29, 0.717) is 31.6 Å². The maximum Gasteiger partial charge on any atom is 0.410 e. The smallest absolute Gasteiger partial charge is 0.410 e. The third-order valence-electron chi connectivity index (χ3n) is 5.34. The molecule has 1 aromatic rings. The average molecular weight is 387 g/mol. The third-order valence-corrected chi connectivity index (χ3v) is 5.34. The first kappa shape index (κ1) is 20.2. The van der Waals surface area contributed by atoms with Crippen molar-refractivity contribution in [2.75, 3.05) is 18.8 Å². The molecule has 7 nitrogen and oxygen atoms in total. The molecule has 2 heterocycles. The Kier molecular flexibility index (Phi) is 5.63. The largest absolute Gasteiger partial charge is 0.444 e. The molecular weight excluding hydrogens is 358 g/mol. The summed E-state index contributed by atoms with van der Waals surface area (Å²) in [6.07, 6.45) is 2.23. The number of anilines is 1. The van der Waals surface area contributed by atoms with Crippen LogP contribution in [0.1, 0.15) is 69.4 Å². The predicted molar refractivity (Wildman–Crippen MR) is 106 cm³/mol. The number of ether oxygens (including phenoxy) is 1. The molecule has 0 aliphatic carbocycles. The van der Waals surface area contributed by atoms with Gasteiger partial charge in [-0.05, 0) is 63.1 Å². The molecular formula is C21H29N3O4. The number of rotatable bonds is 2. The second kappa shape index (κ2) is 7.81. The molecule has 2 saturated heterocycles. The molecule has 0 saturated carbocycles. The molecule has 1 atom stereocenters. The Morgan fingerprint density at radius 1 is 1.18 bits per heavy atom. The van der Waals surface area contributed by atoms with Gasteiger partial charge in [-0.15, -0.1) is 0 Å². The Labute approximate surface area is 165 Å². The average Bonchev–Trinajstić information content (AvgIpc) is 2.60. The molecule has 0 bridgehead atoms. The van der Waals surface area contributed by atoms with Crippen molar-refractivity contribution >= 4 is 23.6 Å². The van der Waals surface area contributed by atoms with Gasteiger partial charge >= 0.3 is 6.09 Å². The van der Waals surface area contributed by atoms with Crippen LogP contribution in [0.5, 0.6) is 0 Å². The van der Waals surface area contributed by atoms with E-state index in [-0.39, 0.29) is 29.7 Å². The summed E-state index contributed by atoms with van der Waals surface area (Å²) in [5.41, 5.74) is 8.37. The normalized spacial score (nSPS) is 21.4. The van der Waals surface area contributed by atoms with Gasteiger partial charge in [0.15, 0.2) is 0 Å². The topological polar surface area (TPSA) is 102 Å². The van der Waals surface area contributed by atoms with Gasteiger partial charge < -0.3 is 15.4 Å². The van der Waals surface area contributed by atoms with Gasteiger partial charge in [0, 0.05) is 25.2 Å². The number of nitrogens with one attached hydrogen (secondary N) is 1. The van der Waals surface area contributed by atoms with E-state index in [1.54, 1.807) is 4.90 Å². The fourth-order valence-electron chi connectivity index (χ4n) is 3.89. The van der Waals surface area contributed by atoms with Gasteiger partial charge in [-0.2, -0.15) is 0 Å². The monoisotopic (exact) mass is 387 g/mol. The zero-order chi connectivity index (χ0) is 20.5. The summed E-state index contributed by atoms with van der Waals surface area (Å²) in [4.78, 5) is 37.4. The van der Waals surface area contributed by atoms with Crippen LogP contribution in [0.2, 0.25) is 0 Å². The highest BCUT2D eigenvalue weighted by Gasteiger charge is 2.30. The molecule has 152 valence electrons. The fourth-order valence-corrected chi connectivity index (χ4v) is 3.89. The van der Waals surface area contributed by atoms with Crippen LogP contribution in [0, 0.1) is 0 Å². The lowest BCUT2D eigenvalue weighted by Gasteiger charge is -2.34. The molecule has 1 unspecified atom stereocenters. The van der Waals surface area contributed by atoms with E-state index < -0.39 is 5.60 Å². The number of amides is 3. The number of nitrogens with zero attached hydrogens (tertiary/aromatic N) is 1. The summed E-state index contributed by atoms with van der Waals surface area (Å²) in [7, 11) is 0. The van der Waals surface area contributed by atoms with Crippen molar-refractivity contribution in [3.05, 3.63) is 29.3 Å². The van der Waals surface area contributed by atoms with Crippen LogP contribution in [0.4, 0.5) is 10.5 Å². The number of piperidine rings is 2. The first-order valence-electron chi connectivity index (χ1n) is 9.85. The second-order valence-electron chi connectivity index (χ2n) is 8.63. The number of carbonyl (C=O) groups excluding carboxylic acids is 3. The lowest BCUT2D eigenvalue weighted by atomic mass is 9.85. The summed E-state index contributed by atoms with van der Waals surface area (Å²) < 4.78 is 5.44. The highest BCUT2D eigenvalue weighted by molar-refractivity contribution is 6.01. The van der Waals surface area contributed by atoms with Gasteiger partial charge in [-0.25, -0.2) is 4.79 Å². The first-order chi connectivity index (χ1) is 13.1. The molecule has 2 aliphatic heterocycles. The summed E-state index contributed by atoms with van der Waals surface area (Å²) in [6.45, 7) is 6.86. The van der Waals surface area contributed by atoms with Gasteiger partial charge in [0.05, 0.1) is 5.92 Å². The Morgan fingerprint density at radius 2 is 1.86 bits per heavy atom. The highest BCUT2D eigenvalue weighted by atomic mass is 16.6. The standard InChI is InChI=1S/C21H29N3O4/c1-21(2,3)28-20(27)24-10-8-13(9-11-24)15-5-4-14(12-17(15)22)16-6-7-18(25)23-19(16)26/h4-5,12-13,16H,6-11,22H2,1-3H3,(H,23,25,26). The van der Waals surface area contributed by atoms with Gasteiger partial charge in [0.1, 0.15) is 5.60 Å². The van der Waals surface area contributed by atoms with Gasteiger partial charge in [0.25, 0.3) is 0 Å². The Bertz CT molecular complexity index is 776. The number of carbonyl (C=O) groups is 3. The maximum atomic E-state index is 12.2. The maximum absolute atomic E-state index is 12.2. The lowest BCUT2D eigenvalue weighted by Crippen LogP contribution is -2.41. The third kappa shape index (κ3) is 4.64. The minimum absolute atomic E-state index is 0.220. The number of nitrogen functional groups attached to an aromatic ring is 1. The van der Waals surface area contributed by atoms with Crippen molar-refractivity contribution in [1.29, 1.82) is 0 Å². The molecule has 0 spiro atoms. The molecule has 3 N–H and O–H groups in total. The van der Waals surface area contributed by atoms with E-state index in [2.05, 4.69) is 5.32 Å². The molecule has 28 heavy (non-hydrogen) atoms. The van der Waals surface area contributed by atoms with Gasteiger partial charge in [-0.3, -0.25) is 14.9 Å². The summed E-state index contributed by atoms with van der Waals surface area (Å²) >= 11 is 0. The van der Waals surface area contributed by atoms with E-state index in [4.69, 9.17) is 10.5 Å². The van der Waals surface area contributed by atoms with Crippen molar-refractivity contribution in [2.45, 2.75) is 63.9 Å². The zero-order valence-corrected chi connectivity index (χ0v) is 16.8. The number of benzene rings is 1. The minimum Gasteiger partial charge on any atom is -0.444 e. The predicted octanol–water partition coefficient (Wildman–Crippen LogP) is 2.90. The quantitative estimate of drug-likeness (QED) is 0.600.